The van der Waals surface area contributed by atoms with Crippen molar-refractivity contribution in [1.29, 1.82) is 0 Å². The molecule has 0 saturated carbocycles. The Kier molecular flexibility index (Phi) is 42.6. The Morgan fingerprint density at radius 3 is 1.17 bits per heavy atom. The van der Waals surface area contributed by atoms with Crippen LogP contribution in [0.3, 0.4) is 0 Å². The molecule has 0 amide bonds. The highest BCUT2D eigenvalue weighted by Crippen LogP contribution is 2.23. The molecule has 2 unspecified atom stereocenters. The van der Waals surface area contributed by atoms with Gasteiger partial charge in [-0.25, -0.2) is 0 Å². The summed E-state index contributed by atoms with van der Waals surface area (Å²) in [6.45, 7) is 21.3. The van der Waals surface area contributed by atoms with E-state index in [0.717, 1.165) is 77.1 Å². The fourth-order valence-corrected chi connectivity index (χ4v) is 8.72. The van der Waals surface area contributed by atoms with Crippen molar-refractivity contribution in [3.8, 4) is 0 Å². The first kappa shape index (κ1) is 56.7. The summed E-state index contributed by atoms with van der Waals surface area (Å²) in [6.07, 6.45) is 41.2. The summed E-state index contributed by atoms with van der Waals surface area (Å²) < 4.78 is 36.5. The number of unbranched alkanes of at least 4 members (excludes halogenated alkanes) is 16. The van der Waals surface area contributed by atoms with Gasteiger partial charge in [0.2, 0.25) is 0 Å². The van der Waals surface area contributed by atoms with Crippen LogP contribution in [-0.4, -0.2) is 83.0 Å². The maximum Gasteiger partial charge on any atom is 0.154 e. The number of hydrogen-bond donors (Lipinski definition) is 0. The van der Waals surface area contributed by atoms with Crippen LogP contribution in [0.2, 0.25) is 0 Å². The molecule has 0 aromatic heterocycles. The fraction of sp³-hybridized carbons (Fsp3) is 1.00. The molecule has 0 N–H and O–H groups in total. The van der Waals surface area contributed by atoms with Crippen LogP contribution in [0.25, 0.3) is 0 Å². The smallest absolute Gasteiger partial charge is 0.154 e. The molecule has 1 saturated heterocycles. The van der Waals surface area contributed by atoms with Gasteiger partial charge in [0, 0.05) is 33.0 Å². The minimum atomic E-state index is -0.0955. The standard InChI is InChI=1S/C52H105NO6/c1-7-11-21-31-50(32-22-12-8-2)37-44-57-48(5)55-42-29-19-15-17-25-35-52(59-47-54-46-41-53-39-27-28-40-53)36-26-18-16-20-30-43-56-49(6)58-45-38-51(33-23-13-9-3)34-24-14-10-4/h48-52H,7-47H2,1-6H3. The Labute approximate surface area is 369 Å². The van der Waals surface area contributed by atoms with Crippen molar-refractivity contribution in [3.05, 3.63) is 0 Å². The maximum absolute atomic E-state index is 6.33. The van der Waals surface area contributed by atoms with Crippen LogP contribution in [0.1, 0.15) is 247 Å². The third kappa shape index (κ3) is 37.9. The van der Waals surface area contributed by atoms with Crippen LogP contribution in [0.4, 0.5) is 0 Å². The Bertz CT molecular complexity index is 740. The van der Waals surface area contributed by atoms with E-state index >= 15 is 0 Å². The molecule has 0 bridgehead atoms. The predicted octanol–water partition coefficient (Wildman–Crippen LogP) is 15.2. The van der Waals surface area contributed by atoms with Crippen molar-refractivity contribution in [1.82, 2.24) is 4.90 Å². The first-order valence-electron chi connectivity index (χ1n) is 26.4. The van der Waals surface area contributed by atoms with E-state index in [4.69, 9.17) is 28.4 Å². The lowest BCUT2D eigenvalue weighted by atomic mass is 9.92. The van der Waals surface area contributed by atoms with Gasteiger partial charge < -0.3 is 33.3 Å². The fourth-order valence-electron chi connectivity index (χ4n) is 8.72. The molecule has 59 heavy (non-hydrogen) atoms. The van der Waals surface area contributed by atoms with Gasteiger partial charge in [0.25, 0.3) is 0 Å². The lowest BCUT2D eigenvalue weighted by Gasteiger charge is -2.20. The summed E-state index contributed by atoms with van der Waals surface area (Å²) >= 11 is 0. The summed E-state index contributed by atoms with van der Waals surface area (Å²) in [5, 5.41) is 0. The van der Waals surface area contributed by atoms with E-state index in [1.807, 2.05) is 0 Å². The number of rotatable bonds is 48. The van der Waals surface area contributed by atoms with Crippen molar-refractivity contribution >= 4 is 0 Å². The van der Waals surface area contributed by atoms with E-state index in [1.54, 1.807) is 0 Å². The zero-order valence-corrected chi connectivity index (χ0v) is 40.8. The quantitative estimate of drug-likeness (QED) is 0.0447. The molecular weight excluding hydrogens is 735 g/mol. The second-order valence-electron chi connectivity index (χ2n) is 18.4. The number of nitrogens with zero attached hydrogens (tertiary/aromatic N) is 1. The molecule has 0 aliphatic carbocycles. The van der Waals surface area contributed by atoms with Crippen molar-refractivity contribution < 1.29 is 28.4 Å². The zero-order valence-electron chi connectivity index (χ0n) is 40.8. The average Bonchev–Trinajstić information content (AvgIpc) is 3.76. The molecule has 7 heteroatoms. The highest BCUT2D eigenvalue weighted by molar-refractivity contribution is 4.66. The number of hydrogen-bond acceptors (Lipinski definition) is 7. The van der Waals surface area contributed by atoms with E-state index < -0.39 is 0 Å². The summed E-state index contributed by atoms with van der Waals surface area (Å²) in [5.74, 6) is 1.63. The van der Waals surface area contributed by atoms with Crippen LogP contribution >= 0.6 is 0 Å². The molecule has 1 heterocycles. The first-order chi connectivity index (χ1) is 29.0. The van der Waals surface area contributed by atoms with Gasteiger partial charge in [0.05, 0.1) is 12.7 Å². The van der Waals surface area contributed by atoms with Gasteiger partial charge in [-0.3, -0.25) is 0 Å². The topological polar surface area (TPSA) is 58.6 Å². The van der Waals surface area contributed by atoms with E-state index in [1.165, 1.54) is 193 Å². The lowest BCUT2D eigenvalue weighted by Crippen LogP contribution is -2.25. The summed E-state index contributed by atoms with van der Waals surface area (Å²) in [6, 6.07) is 0. The molecule has 1 fully saturated rings. The summed E-state index contributed by atoms with van der Waals surface area (Å²) in [7, 11) is 0. The predicted molar refractivity (Wildman–Crippen MR) is 252 cm³/mol. The summed E-state index contributed by atoms with van der Waals surface area (Å²) in [5.41, 5.74) is 0. The van der Waals surface area contributed by atoms with Crippen molar-refractivity contribution in [2.45, 2.75) is 266 Å². The van der Waals surface area contributed by atoms with Crippen LogP contribution in [-0.2, 0) is 28.4 Å². The van der Waals surface area contributed by atoms with Crippen molar-refractivity contribution in [2.75, 3.05) is 59.5 Å². The largest absolute Gasteiger partial charge is 0.354 e. The van der Waals surface area contributed by atoms with Gasteiger partial charge in [0.15, 0.2) is 12.6 Å². The zero-order chi connectivity index (χ0) is 42.7. The van der Waals surface area contributed by atoms with Gasteiger partial charge in [-0.2, -0.15) is 0 Å². The molecule has 1 aliphatic rings. The monoisotopic (exact) mass is 840 g/mol. The van der Waals surface area contributed by atoms with Gasteiger partial charge in [-0.1, -0.05) is 182 Å². The molecule has 0 aromatic rings. The Morgan fingerprint density at radius 2 is 0.746 bits per heavy atom. The third-order valence-electron chi connectivity index (χ3n) is 12.8. The van der Waals surface area contributed by atoms with Gasteiger partial charge in [-0.15, -0.1) is 0 Å². The summed E-state index contributed by atoms with van der Waals surface area (Å²) in [4.78, 5) is 2.51. The molecule has 2 atom stereocenters. The number of ether oxygens (including phenoxy) is 6. The van der Waals surface area contributed by atoms with Crippen LogP contribution < -0.4 is 0 Å². The third-order valence-corrected chi connectivity index (χ3v) is 12.8. The molecular formula is C52H105NO6. The molecule has 354 valence electrons. The molecule has 0 aromatic carbocycles. The molecule has 1 rings (SSSR count). The van der Waals surface area contributed by atoms with E-state index in [2.05, 4.69) is 46.4 Å². The van der Waals surface area contributed by atoms with Gasteiger partial charge >= 0.3 is 0 Å². The first-order valence-corrected chi connectivity index (χ1v) is 26.4. The van der Waals surface area contributed by atoms with Crippen molar-refractivity contribution in [2.24, 2.45) is 11.8 Å². The van der Waals surface area contributed by atoms with Crippen LogP contribution in [0.15, 0.2) is 0 Å². The van der Waals surface area contributed by atoms with Gasteiger partial charge in [0.1, 0.15) is 6.79 Å². The average molecular weight is 840 g/mol. The normalized spacial score (nSPS) is 15.3. The van der Waals surface area contributed by atoms with Crippen molar-refractivity contribution in [3.63, 3.8) is 0 Å². The minimum absolute atomic E-state index is 0.0955. The second kappa shape index (κ2) is 44.3. The number of likely N-dealkylation sites (tertiary alicyclic amines) is 1. The molecule has 7 nitrogen and oxygen atoms in total. The second-order valence-corrected chi connectivity index (χ2v) is 18.4. The maximum atomic E-state index is 6.33. The van der Waals surface area contributed by atoms with E-state index in [0.29, 0.717) is 12.9 Å². The Hall–Kier alpha value is -0.280. The van der Waals surface area contributed by atoms with Crippen LogP contribution in [0.5, 0.6) is 0 Å². The van der Waals surface area contributed by atoms with E-state index in [9.17, 15) is 0 Å². The molecule has 0 radical (unpaired) electrons. The SMILES string of the molecule is CCCCCC(CCCCC)CCOC(C)OCCCCCCCC(CCCCCCCOC(C)OCCC(CCCCC)CCCCC)OCOCCN1CCCC1. The highest BCUT2D eigenvalue weighted by Gasteiger charge is 2.14. The molecule has 0 spiro atoms. The highest BCUT2D eigenvalue weighted by atomic mass is 16.7. The lowest BCUT2D eigenvalue weighted by molar-refractivity contribution is -0.133. The Balaban J connectivity index is 2.21. The molecule has 1 aliphatic heterocycles. The minimum Gasteiger partial charge on any atom is -0.354 e. The van der Waals surface area contributed by atoms with Crippen LogP contribution in [0, 0.1) is 11.8 Å². The van der Waals surface area contributed by atoms with E-state index in [-0.39, 0.29) is 12.6 Å². The van der Waals surface area contributed by atoms with Gasteiger partial charge in [-0.05, 0) is 90.1 Å². The Morgan fingerprint density at radius 1 is 0.373 bits per heavy atom.